The summed E-state index contributed by atoms with van der Waals surface area (Å²) in [4.78, 5) is 22.6. The maximum atomic E-state index is 13.7. The lowest BCUT2D eigenvalue weighted by atomic mass is 9.94. The van der Waals surface area contributed by atoms with Crippen molar-refractivity contribution in [1.29, 1.82) is 0 Å². The molecule has 4 heterocycles. The Hall–Kier alpha value is -3.96. The number of aliphatic hydroxyl groups is 1. The number of ether oxygens (including phenoxy) is 2. The van der Waals surface area contributed by atoms with Crippen LogP contribution in [0, 0.1) is 0 Å². The molecule has 9 nitrogen and oxygen atoms in total. The van der Waals surface area contributed by atoms with E-state index in [4.69, 9.17) is 14.5 Å². The van der Waals surface area contributed by atoms with E-state index >= 15 is 0 Å². The van der Waals surface area contributed by atoms with E-state index in [2.05, 4.69) is 10.3 Å². The second-order valence-corrected chi connectivity index (χ2v) is 13.8. The fraction of sp³-hybridized carbons (Fsp3) is 0.303. The number of hydrogen-bond acceptors (Lipinski definition) is 8. The smallest absolute Gasteiger partial charge is 0.270 e. The Kier molecular flexibility index (Phi) is 8.11. The molecule has 2 aliphatic rings. The molecule has 43 heavy (non-hydrogen) atoms. The average molecular weight is 599 g/mol. The first-order valence-electron chi connectivity index (χ1n) is 14.2. The summed E-state index contributed by atoms with van der Waals surface area (Å²) in [5.74, 6) is 1.02. The number of amides is 1. The Bertz CT molecular complexity index is 1640. The highest BCUT2D eigenvalue weighted by atomic mass is 32.2. The van der Waals surface area contributed by atoms with Gasteiger partial charge in [-0.3, -0.25) is 9.78 Å². The van der Waals surface area contributed by atoms with Crippen LogP contribution in [0.3, 0.4) is 0 Å². The van der Waals surface area contributed by atoms with E-state index in [1.54, 1.807) is 18.5 Å². The lowest BCUT2D eigenvalue weighted by Gasteiger charge is -2.33. The van der Waals surface area contributed by atoms with Crippen molar-refractivity contribution in [3.8, 4) is 33.9 Å². The number of carbonyl (C=O) groups excluding carboxylic acids is 1. The topological polar surface area (TPSA) is 120 Å². The zero-order valence-electron chi connectivity index (χ0n) is 24.4. The fourth-order valence-electron chi connectivity index (χ4n) is 5.52. The van der Waals surface area contributed by atoms with Gasteiger partial charge in [0.25, 0.3) is 5.91 Å². The molecule has 1 unspecified atom stereocenters. The average Bonchev–Trinajstić information content (AvgIpc) is 3.63. The second-order valence-electron chi connectivity index (χ2n) is 11.6. The van der Waals surface area contributed by atoms with Crippen LogP contribution < -0.4 is 14.8 Å². The van der Waals surface area contributed by atoms with Crippen LogP contribution in [-0.2, 0) is 24.5 Å². The molecule has 0 bridgehead atoms. The molecule has 0 fully saturated rings. The number of carbonyl (C=O) groups is 1. The molecule has 0 spiro atoms. The molecule has 4 aromatic rings. The summed E-state index contributed by atoms with van der Waals surface area (Å²) < 4.78 is 26.0. The van der Waals surface area contributed by atoms with Crippen molar-refractivity contribution in [1.82, 2.24) is 19.6 Å². The molecule has 6 rings (SSSR count). The highest BCUT2D eigenvalue weighted by Crippen LogP contribution is 2.45. The summed E-state index contributed by atoms with van der Waals surface area (Å²) in [5, 5.41) is 13.0. The largest absolute Gasteiger partial charge is 0.597 e. The van der Waals surface area contributed by atoms with Crippen molar-refractivity contribution in [2.45, 2.75) is 51.1 Å². The summed E-state index contributed by atoms with van der Waals surface area (Å²) in [5.41, 5.74) is 6.40. The molecule has 10 heteroatoms. The van der Waals surface area contributed by atoms with Crippen LogP contribution in [0.1, 0.15) is 60.4 Å². The van der Waals surface area contributed by atoms with Gasteiger partial charge in [-0.15, -0.1) is 4.31 Å². The Morgan fingerprint density at radius 3 is 2.58 bits per heavy atom. The minimum Gasteiger partial charge on any atom is -0.597 e. The lowest BCUT2D eigenvalue weighted by molar-refractivity contribution is 0.0945. The molecule has 2 aromatic heterocycles. The lowest BCUT2D eigenvalue weighted by Crippen LogP contribution is -2.42. The Morgan fingerprint density at radius 1 is 1.05 bits per heavy atom. The van der Waals surface area contributed by atoms with Gasteiger partial charge in [-0.1, -0.05) is 24.3 Å². The molecular formula is C33H34N4O5S. The number of aliphatic hydroxyl groups excluding tert-OH is 1. The maximum absolute atomic E-state index is 13.7. The van der Waals surface area contributed by atoms with Crippen LogP contribution in [0.25, 0.3) is 22.4 Å². The summed E-state index contributed by atoms with van der Waals surface area (Å²) in [7, 11) is 0. The van der Waals surface area contributed by atoms with Crippen LogP contribution in [0.4, 0.5) is 0 Å². The monoisotopic (exact) mass is 598 g/mol. The van der Waals surface area contributed by atoms with E-state index in [1.807, 2.05) is 79.7 Å². The highest BCUT2D eigenvalue weighted by molar-refractivity contribution is 7.90. The van der Waals surface area contributed by atoms with Crippen LogP contribution in [0.15, 0.2) is 73.1 Å². The van der Waals surface area contributed by atoms with Gasteiger partial charge in [0.1, 0.15) is 10.4 Å². The number of hydrogen-bond donors (Lipinski definition) is 2. The standard InChI is InChI=1S/C33H34N4O5S/c1-33(2,3)43(40)37-19-25-17-26(32(39)35-18-21-7-8-28-29(15-21)42-20-41-28)36-31(30(25)27(37)11-14-38)24-6-4-5-23(16-24)22-9-12-34-13-10-22/h4-10,12-13,15-17,27,38H,11,14,18-20H2,1-3H3,(H,35,39)/t27-,43?/m0/s1. The van der Waals surface area contributed by atoms with Gasteiger partial charge < -0.3 is 24.4 Å². The number of benzene rings is 2. The van der Waals surface area contributed by atoms with Gasteiger partial charge in [0.15, 0.2) is 11.5 Å². The van der Waals surface area contributed by atoms with Crippen molar-refractivity contribution in [2.24, 2.45) is 0 Å². The van der Waals surface area contributed by atoms with E-state index in [-0.39, 0.29) is 37.6 Å². The van der Waals surface area contributed by atoms with Crippen LogP contribution >= 0.6 is 0 Å². The molecule has 0 aliphatic carbocycles. The predicted molar refractivity (Wildman–Crippen MR) is 165 cm³/mol. The van der Waals surface area contributed by atoms with Gasteiger partial charge in [0.05, 0.1) is 18.3 Å². The third kappa shape index (κ3) is 5.96. The van der Waals surface area contributed by atoms with Gasteiger partial charge in [0, 0.05) is 48.0 Å². The number of rotatable bonds is 8. The molecule has 2 aromatic carbocycles. The van der Waals surface area contributed by atoms with E-state index in [9.17, 15) is 14.5 Å². The quantitative estimate of drug-likeness (QED) is 0.267. The zero-order chi connectivity index (χ0) is 30.1. The first-order valence-corrected chi connectivity index (χ1v) is 15.3. The van der Waals surface area contributed by atoms with Crippen LogP contribution in [-0.4, -0.2) is 48.0 Å². The first kappa shape index (κ1) is 29.1. The second kappa shape index (κ2) is 12.0. The minimum atomic E-state index is -1.35. The van der Waals surface area contributed by atoms with E-state index < -0.39 is 16.1 Å². The van der Waals surface area contributed by atoms with Crippen molar-refractivity contribution in [3.63, 3.8) is 0 Å². The van der Waals surface area contributed by atoms with Crippen LogP contribution in [0.5, 0.6) is 11.5 Å². The third-order valence-corrected chi connectivity index (χ3v) is 9.42. The summed E-state index contributed by atoms with van der Waals surface area (Å²) in [6, 6.07) is 18.9. The number of nitrogens with one attached hydrogen (secondary N) is 1. The highest BCUT2D eigenvalue weighted by Gasteiger charge is 2.45. The van der Waals surface area contributed by atoms with Crippen molar-refractivity contribution in [2.75, 3.05) is 13.4 Å². The molecule has 222 valence electrons. The molecule has 0 saturated heterocycles. The SMILES string of the molecule is CC(C)(C)[S+]([O-])N1Cc2cc(C(=O)NCc3ccc4c(c3)OCO4)nc(-c3cccc(-c4ccncc4)c3)c2[C@@H]1CCO. The van der Waals surface area contributed by atoms with E-state index in [1.165, 1.54) is 0 Å². The van der Waals surface area contributed by atoms with Gasteiger partial charge in [-0.05, 0) is 85.8 Å². The van der Waals surface area contributed by atoms with Crippen molar-refractivity contribution in [3.05, 3.63) is 95.4 Å². The van der Waals surface area contributed by atoms with Gasteiger partial charge >= 0.3 is 0 Å². The first-order chi connectivity index (χ1) is 20.7. The number of pyridine rings is 2. The normalized spacial score (nSPS) is 16.6. The minimum absolute atomic E-state index is 0.0732. The van der Waals surface area contributed by atoms with Gasteiger partial charge in [-0.25, -0.2) is 4.98 Å². The van der Waals surface area contributed by atoms with Gasteiger partial charge in [-0.2, -0.15) is 0 Å². The third-order valence-electron chi connectivity index (χ3n) is 7.56. The number of fused-ring (bicyclic) bond motifs is 2. The van der Waals surface area contributed by atoms with E-state index in [0.29, 0.717) is 30.2 Å². The molecule has 1 amide bonds. The van der Waals surface area contributed by atoms with Crippen LogP contribution in [0.2, 0.25) is 0 Å². The Balaban J connectivity index is 1.40. The number of nitrogens with zero attached hydrogens (tertiary/aromatic N) is 3. The number of aromatic nitrogens is 2. The van der Waals surface area contributed by atoms with Crippen molar-refractivity contribution >= 4 is 17.3 Å². The molecular weight excluding hydrogens is 564 g/mol. The Morgan fingerprint density at radius 2 is 1.81 bits per heavy atom. The fourth-order valence-corrected chi connectivity index (χ4v) is 6.92. The summed E-state index contributed by atoms with van der Waals surface area (Å²) >= 11 is -1.35. The molecule has 2 N–H and O–H groups in total. The summed E-state index contributed by atoms with van der Waals surface area (Å²) in [6.07, 6.45) is 3.89. The molecule has 0 saturated carbocycles. The maximum Gasteiger partial charge on any atom is 0.270 e. The molecule has 2 atom stereocenters. The Labute approximate surface area is 254 Å². The molecule has 2 aliphatic heterocycles. The van der Waals surface area contributed by atoms with Gasteiger partial charge in [0.2, 0.25) is 6.79 Å². The predicted octanol–water partition coefficient (Wildman–Crippen LogP) is 5.17. The zero-order valence-corrected chi connectivity index (χ0v) is 25.2. The summed E-state index contributed by atoms with van der Waals surface area (Å²) in [6.45, 7) is 6.59. The molecule has 0 radical (unpaired) electrons. The van der Waals surface area contributed by atoms with E-state index in [0.717, 1.165) is 33.4 Å². The van der Waals surface area contributed by atoms with Crippen molar-refractivity contribution < 1.29 is 23.9 Å².